The lowest BCUT2D eigenvalue weighted by molar-refractivity contribution is 0.0706. The molecule has 0 aromatic carbocycles. The Balaban J connectivity index is 1.57. The van der Waals surface area contributed by atoms with Crippen molar-refractivity contribution in [3.05, 3.63) is 60.7 Å². The van der Waals surface area contributed by atoms with Crippen LogP contribution in [0.25, 0.3) is 11.1 Å². The molecule has 0 N–H and O–H groups in total. The van der Waals surface area contributed by atoms with Gasteiger partial charge in [0.2, 0.25) is 0 Å². The van der Waals surface area contributed by atoms with Crippen molar-refractivity contribution in [1.82, 2.24) is 29.6 Å². The predicted octanol–water partition coefficient (Wildman–Crippen LogP) is 3.34. The Bertz CT molecular complexity index is 952. The lowest BCUT2D eigenvalue weighted by Gasteiger charge is -2.33. The Hall–Kier alpha value is -3.09. The van der Waals surface area contributed by atoms with Gasteiger partial charge in [0.15, 0.2) is 0 Å². The molecule has 28 heavy (non-hydrogen) atoms. The van der Waals surface area contributed by atoms with E-state index in [0.717, 1.165) is 36.2 Å². The van der Waals surface area contributed by atoms with Gasteiger partial charge in [0.1, 0.15) is 6.33 Å². The topological polar surface area (TPSA) is 76.8 Å². The van der Waals surface area contributed by atoms with Gasteiger partial charge in [0, 0.05) is 55.4 Å². The molecule has 3 aromatic heterocycles. The van der Waals surface area contributed by atoms with Gasteiger partial charge in [-0.2, -0.15) is 5.10 Å². The van der Waals surface area contributed by atoms with E-state index >= 15 is 0 Å². The van der Waals surface area contributed by atoms with E-state index in [4.69, 9.17) is 0 Å². The molecule has 3 aromatic rings. The van der Waals surface area contributed by atoms with Crippen LogP contribution in [0.3, 0.4) is 0 Å². The maximum atomic E-state index is 13.0. The minimum Gasteiger partial charge on any atom is -0.338 e. The molecule has 0 unspecified atom stereocenters. The zero-order valence-corrected chi connectivity index (χ0v) is 16.2. The summed E-state index contributed by atoms with van der Waals surface area (Å²) >= 11 is 0. The van der Waals surface area contributed by atoms with Gasteiger partial charge in [-0.05, 0) is 44.4 Å². The highest BCUT2D eigenvalue weighted by atomic mass is 16.2. The molecule has 144 valence electrons. The van der Waals surface area contributed by atoms with Crippen LogP contribution in [0.1, 0.15) is 54.7 Å². The number of carbonyl (C=O) groups is 1. The standard InChI is InChI=1S/C21H24N6O/c1-15(2)27-13-18(10-25-27)21(28)26-9-3-4-17(12-26)20-19(11-23-14-24-20)16-5-7-22-8-6-16/h5-8,10-11,13-15,17H,3-4,9,12H2,1-2H3/t17-/m1/s1. The molecule has 1 amide bonds. The number of hydrogen-bond acceptors (Lipinski definition) is 5. The normalized spacial score (nSPS) is 17.1. The summed E-state index contributed by atoms with van der Waals surface area (Å²) in [5, 5.41) is 4.31. The van der Waals surface area contributed by atoms with Crippen molar-refractivity contribution in [2.24, 2.45) is 0 Å². The van der Waals surface area contributed by atoms with Crippen molar-refractivity contribution in [1.29, 1.82) is 0 Å². The quantitative estimate of drug-likeness (QED) is 0.698. The zero-order valence-electron chi connectivity index (χ0n) is 16.2. The van der Waals surface area contributed by atoms with Gasteiger partial charge in [-0.3, -0.25) is 14.5 Å². The predicted molar refractivity (Wildman–Crippen MR) is 106 cm³/mol. The van der Waals surface area contributed by atoms with E-state index in [-0.39, 0.29) is 17.9 Å². The maximum absolute atomic E-state index is 13.0. The van der Waals surface area contributed by atoms with Crippen molar-refractivity contribution in [2.75, 3.05) is 13.1 Å². The molecule has 7 nitrogen and oxygen atoms in total. The van der Waals surface area contributed by atoms with E-state index in [1.54, 1.807) is 24.9 Å². The smallest absolute Gasteiger partial charge is 0.257 e. The molecule has 1 saturated heterocycles. The van der Waals surface area contributed by atoms with Crippen LogP contribution in [0.15, 0.2) is 49.4 Å². The molecule has 0 bridgehead atoms. The van der Waals surface area contributed by atoms with E-state index < -0.39 is 0 Å². The summed E-state index contributed by atoms with van der Waals surface area (Å²) in [6.07, 6.45) is 12.4. The van der Waals surface area contributed by atoms with Crippen molar-refractivity contribution < 1.29 is 4.79 Å². The first-order valence-corrected chi connectivity index (χ1v) is 9.67. The van der Waals surface area contributed by atoms with E-state index in [2.05, 4.69) is 20.1 Å². The van der Waals surface area contributed by atoms with Gasteiger partial charge in [-0.15, -0.1) is 0 Å². The minimum absolute atomic E-state index is 0.0381. The summed E-state index contributed by atoms with van der Waals surface area (Å²) in [7, 11) is 0. The summed E-state index contributed by atoms with van der Waals surface area (Å²) in [6, 6.07) is 4.17. The lowest BCUT2D eigenvalue weighted by atomic mass is 9.90. The number of rotatable bonds is 4. The van der Waals surface area contributed by atoms with Gasteiger partial charge in [0.25, 0.3) is 5.91 Å². The van der Waals surface area contributed by atoms with E-state index in [9.17, 15) is 4.79 Å². The maximum Gasteiger partial charge on any atom is 0.257 e. The summed E-state index contributed by atoms with van der Waals surface area (Å²) in [4.78, 5) is 27.8. The average molecular weight is 376 g/mol. The third-order valence-electron chi connectivity index (χ3n) is 5.21. The molecule has 1 aliphatic rings. The first-order valence-electron chi connectivity index (χ1n) is 9.67. The Morgan fingerprint density at radius 2 is 2.00 bits per heavy atom. The third-order valence-corrected chi connectivity index (χ3v) is 5.21. The van der Waals surface area contributed by atoms with Crippen molar-refractivity contribution in [2.45, 2.75) is 38.6 Å². The Morgan fingerprint density at radius 1 is 1.18 bits per heavy atom. The third kappa shape index (κ3) is 3.65. The number of likely N-dealkylation sites (tertiary alicyclic amines) is 1. The largest absolute Gasteiger partial charge is 0.338 e. The van der Waals surface area contributed by atoms with E-state index in [0.29, 0.717) is 12.1 Å². The minimum atomic E-state index is 0.0381. The fraction of sp³-hybridized carbons (Fsp3) is 0.381. The number of aromatic nitrogens is 5. The van der Waals surface area contributed by atoms with Crippen LogP contribution < -0.4 is 0 Å². The molecule has 0 saturated carbocycles. The van der Waals surface area contributed by atoms with Gasteiger partial charge in [-0.25, -0.2) is 9.97 Å². The number of hydrogen-bond donors (Lipinski definition) is 0. The fourth-order valence-electron chi connectivity index (χ4n) is 3.72. The SMILES string of the molecule is CC(C)n1cc(C(=O)N2CCC[C@@H](c3ncncc3-c3ccncc3)C2)cn1. The summed E-state index contributed by atoms with van der Waals surface area (Å²) in [5.74, 6) is 0.222. The van der Waals surface area contributed by atoms with Crippen LogP contribution in [-0.2, 0) is 0 Å². The first kappa shape index (κ1) is 18.3. The van der Waals surface area contributed by atoms with Crippen LogP contribution in [0.5, 0.6) is 0 Å². The van der Waals surface area contributed by atoms with Gasteiger partial charge in [0.05, 0.1) is 17.5 Å². The Morgan fingerprint density at radius 3 is 2.75 bits per heavy atom. The van der Waals surface area contributed by atoms with Crippen LogP contribution in [0.4, 0.5) is 0 Å². The molecule has 1 aliphatic heterocycles. The number of nitrogens with zero attached hydrogens (tertiary/aromatic N) is 6. The van der Waals surface area contributed by atoms with Crippen LogP contribution in [0.2, 0.25) is 0 Å². The molecule has 1 atom stereocenters. The second-order valence-electron chi connectivity index (χ2n) is 7.45. The van der Waals surface area contributed by atoms with Crippen LogP contribution in [-0.4, -0.2) is 48.6 Å². The highest BCUT2D eigenvalue weighted by molar-refractivity contribution is 5.93. The van der Waals surface area contributed by atoms with Crippen LogP contribution >= 0.6 is 0 Å². The summed E-state index contributed by atoms with van der Waals surface area (Å²) in [5.41, 5.74) is 3.70. The summed E-state index contributed by atoms with van der Waals surface area (Å²) < 4.78 is 1.82. The number of amides is 1. The van der Waals surface area contributed by atoms with Gasteiger partial charge in [-0.1, -0.05) is 0 Å². The molecule has 1 fully saturated rings. The highest BCUT2D eigenvalue weighted by Gasteiger charge is 2.28. The monoisotopic (exact) mass is 376 g/mol. The molecular formula is C21H24N6O. The molecule has 4 rings (SSSR count). The zero-order chi connectivity index (χ0) is 19.5. The fourth-order valence-corrected chi connectivity index (χ4v) is 3.72. The van der Waals surface area contributed by atoms with E-state index in [1.165, 1.54) is 0 Å². The molecule has 4 heterocycles. The van der Waals surface area contributed by atoms with Crippen molar-refractivity contribution in [3.8, 4) is 11.1 Å². The van der Waals surface area contributed by atoms with Crippen LogP contribution in [0, 0.1) is 0 Å². The average Bonchev–Trinajstić information content (AvgIpc) is 3.25. The second kappa shape index (κ2) is 7.88. The number of carbonyl (C=O) groups excluding carboxylic acids is 1. The molecule has 7 heteroatoms. The summed E-state index contributed by atoms with van der Waals surface area (Å²) in [6.45, 7) is 5.51. The molecular weight excluding hydrogens is 352 g/mol. The molecule has 0 spiro atoms. The molecule has 0 radical (unpaired) electrons. The molecule has 0 aliphatic carbocycles. The first-order chi connectivity index (χ1) is 13.6. The Labute approximate surface area is 164 Å². The number of pyridine rings is 1. The second-order valence-corrected chi connectivity index (χ2v) is 7.45. The lowest BCUT2D eigenvalue weighted by Crippen LogP contribution is -2.39. The van der Waals surface area contributed by atoms with Crippen molar-refractivity contribution >= 4 is 5.91 Å². The Kier molecular flexibility index (Phi) is 5.14. The van der Waals surface area contributed by atoms with Gasteiger partial charge >= 0.3 is 0 Å². The number of piperidine rings is 1. The van der Waals surface area contributed by atoms with Gasteiger partial charge < -0.3 is 4.90 Å². The van der Waals surface area contributed by atoms with Crippen molar-refractivity contribution in [3.63, 3.8) is 0 Å². The highest BCUT2D eigenvalue weighted by Crippen LogP contribution is 2.32. The van der Waals surface area contributed by atoms with E-state index in [1.807, 2.05) is 48.0 Å².